The number of allylic oxidation sites excluding steroid dienone is 1. The highest BCUT2D eigenvalue weighted by atomic mass is 16.5. The van der Waals surface area contributed by atoms with Crippen LogP contribution in [0.4, 0.5) is 0 Å². The molecule has 9 unspecified atom stereocenters. The summed E-state index contributed by atoms with van der Waals surface area (Å²) in [7, 11) is 0. The monoisotopic (exact) mass is 415 g/mol. The molecule has 0 aromatic heterocycles. The maximum atomic E-state index is 10.8. The molecule has 0 aromatic carbocycles. The first-order chi connectivity index (χ1) is 14.3. The molecule has 4 aliphatic rings. The molecule has 0 aromatic rings. The van der Waals surface area contributed by atoms with Crippen LogP contribution in [-0.2, 0) is 9.53 Å². The number of ether oxygens (including phenoxy) is 1. The molecule has 170 valence electrons. The molecule has 4 rings (SSSR count). The van der Waals surface area contributed by atoms with Gasteiger partial charge in [-0.05, 0) is 98.7 Å². The normalized spacial score (nSPS) is 44.8. The maximum Gasteiger partial charge on any atom is 0.293 e. The van der Waals surface area contributed by atoms with Gasteiger partial charge in [-0.2, -0.15) is 0 Å². The number of carbonyl (C=O) groups is 1. The summed E-state index contributed by atoms with van der Waals surface area (Å²) in [4.78, 5) is 10.8. The first-order valence-corrected chi connectivity index (χ1v) is 12.8. The number of hydrogen-bond acceptors (Lipinski definition) is 3. The van der Waals surface area contributed by atoms with Crippen molar-refractivity contribution in [3.63, 3.8) is 0 Å². The molecule has 0 saturated heterocycles. The topological polar surface area (TPSA) is 52.3 Å². The molecule has 0 heterocycles. The summed E-state index contributed by atoms with van der Waals surface area (Å²) in [5.41, 5.74) is 8.48. The Balaban J connectivity index is 1.47. The number of carbonyl (C=O) groups excluding carboxylic acids is 1. The highest BCUT2D eigenvalue weighted by Crippen LogP contribution is 2.67. The van der Waals surface area contributed by atoms with Crippen molar-refractivity contribution in [2.45, 2.75) is 110 Å². The van der Waals surface area contributed by atoms with E-state index in [1.807, 2.05) is 0 Å². The van der Waals surface area contributed by atoms with Crippen molar-refractivity contribution < 1.29 is 9.53 Å². The van der Waals surface area contributed by atoms with Crippen LogP contribution in [0.15, 0.2) is 11.6 Å². The van der Waals surface area contributed by atoms with Crippen molar-refractivity contribution in [1.82, 2.24) is 0 Å². The Morgan fingerprint density at radius 3 is 2.67 bits per heavy atom. The van der Waals surface area contributed by atoms with Gasteiger partial charge in [0.25, 0.3) is 6.47 Å². The molecule has 0 spiro atoms. The average Bonchev–Trinajstić information content (AvgIpc) is 3.05. The molecule has 9 atom stereocenters. The molecule has 3 nitrogen and oxygen atoms in total. The molecular weight excluding hydrogens is 370 g/mol. The largest absolute Gasteiger partial charge is 0.464 e. The predicted octanol–water partition coefficient (Wildman–Crippen LogP) is 6.26. The Labute approximate surface area is 184 Å². The van der Waals surface area contributed by atoms with Gasteiger partial charge in [-0.25, -0.2) is 0 Å². The maximum absolute atomic E-state index is 10.8. The molecule has 0 amide bonds. The smallest absolute Gasteiger partial charge is 0.293 e. The van der Waals surface area contributed by atoms with Gasteiger partial charge in [-0.3, -0.25) is 4.79 Å². The molecule has 0 bridgehead atoms. The molecule has 2 N–H and O–H groups in total. The lowest BCUT2D eigenvalue weighted by molar-refractivity contribution is -0.136. The molecule has 0 radical (unpaired) electrons. The van der Waals surface area contributed by atoms with Crippen LogP contribution >= 0.6 is 0 Å². The van der Waals surface area contributed by atoms with Crippen molar-refractivity contribution in [1.29, 1.82) is 0 Å². The SMILES string of the molecule is CC(N)CCCC(C)C1CCC2C3CC=C4CC(OC=O)CCC4(C)C3CCC12C. The molecule has 30 heavy (non-hydrogen) atoms. The van der Waals surface area contributed by atoms with Crippen molar-refractivity contribution in [2.24, 2.45) is 46.2 Å². The fourth-order valence-electron chi connectivity index (χ4n) is 8.76. The van der Waals surface area contributed by atoms with E-state index in [0.29, 0.717) is 23.3 Å². The van der Waals surface area contributed by atoms with Crippen molar-refractivity contribution >= 4 is 6.47 Å². The Hall–Kier alpha value is -0.830. The van der Waals surface area contributed by atoms with Gasteiger partial charge in [0.1, 0.15) is 6.10 Å². The van der Waals surface area contributed by atoms with Crippen LogP contribution in [0.5, 0.6) is 0 Å². The van der Waals surface area contributed by atoms with E-state index in [4.69, 9.17) is 10.5 Å². The molecule has 3 fully saturated rings. The van der Waals surface area contributed by atoms with Gasteiger partial charge < -0.3 is 10.5 Å². The quantitative estimate of drug-likeness (QED) is 0.394. The van der Waals surface area contributed by atoms with Gasteiger partial charge in [0.05, 0.1) is 0 Å². The van der Waals surface area contributed by atoms with Gasteiger partial charge in [0.2, 0.25) is 0 Å². The second kappa shape index (κ2) is 8.60. The fraction of sp³-hybridized carbons (Fsp3) is 0.889. The first-order valence-electron chi connectivity index (χ1n) is 12.8. The Bertz CT molecular complexity index is 657. The van der Waals surface area contributed by atoms with E-state index in [2.05, 4.69) is 33.8 Å². The minimum absolute atomic E-state index is 0.111. The minimum Gasteiger partial charge on any atom is -0.464 e. The zero-order valence-corrected chi connectivity index (χ0v) is 19.9. The van der Waals surface area contributed by atoms with Crippen LogP contribution in [0.3, 0.4) is 0 Å². The van der Waals surface area contributed by atoms with Gasteiger partial charge >= 0.3 is 0 Å². The third-order valence-electron chi connectivity index (χ3n) is 10.4. The van der Waals surface area contributed by atoms with E-state index in [9.17, 15) is 4.79 Å². The van der Waals surface area contributed by atoms with Gasteiger partial charge in [-0.1, -0.05) is 45.3 Å². The third kappa shape index (κ3) is 3.78. The molecule has 4 aliphatic carbocycles. The summed E-state index contributed by atoms with van der Waals surface area (Å²) in [6, 6.07) is 0.343. The van der Waals surface area contributed by atoms with Gasteiger partial charge in [0, 0.05) is 12.5 Å². The third-order valence-corrected chi connectivity index (χ3v) is 10.4. The molecule has 3 heteroatoms. The Morgan fingerprint density at radius 2 is 1.93 bits per heavy atom. The van der Waals surface area contributed by atoms with Crippen LogP contribution in [0.25, 0.3) is 0 Å². The summed E-state index contributed by atoms with van der Waals surface area (Å²) in [5, 5.41) is 0. The van der Waals surface area contributed by atoms with Gasteiger partial charge in [-0.15, -0.1) is 0 Å². The van der Waals surface area contributed by atoms with Gasteiger partial charge in [0.15, 0.2) is 0 Å². The summed E-state index contributed by atoms with van der Waals surface area (Å²) in [5.74, 6) is 4.32. The van der Waals surface area contributed by atoms with E-state index in [0.717, 1.165) is 42.4 Å². The summed E-state index contributed by atoms with van der Waals surface area (Å²) in [6.07, 6.45) is 16.6. The highest BCUT2D eigenvalue weighted by Gasteiger charge is 2.59. The van der Waals surface area contributed by atoms with E-state index in [1.165, 1.54) is 57.8 Å². The van der Waals surface area contributed by atoms with Crippen molar-refractivity contribution in [3.05, 3.63) is 11.6 Å². The van der Waals surface area contributed by atoms with Crippen molar-refractivity contribution in [3.8, 4) is 0 Å². The second-order valence-corrected chi connectivity index (χ2v) is 12.0. The highest BCUT2D eigenvalue weighted by molar-refractivity contribution is 5.38. The van der Waals surface area contributed by atoms with Crippen LogP contribution < -0.4 is 5.73 Å². The minimum atomic E-state index is 0.111. The number of nitrogens with two attached hydrogens (primary N) is 1. The molecular formula is C27H45NO2. The zero-order valence-electron chi connectivity index (χ0n) is 19.9. The van der Waals surface area contributed by atoms with Crippen molar-refractivity contribution in [2.75, 3.05) is 0 Å². The summed E-state index contributed by atoms with van der Waals surface area (Å²) >= 11 is 0. The predicted molar refractivity (Wildman–Crippen MR) is 123 cm³/mol. The van der Waals surface area contributed by atoms with E-state index in [1.54, 1.807) is 5.57 Å². The number of rotatable bonds is 7. The van der Waals surface area contributed by atoms with E-state index < -0.39 is 0 Å². The van der Waals surface area contributed by atoms with E-state index in [-0.39, 0.29) is 6.10 Å². The number of hydrogen-bond donors (Lipinski definition) is 1. The number of fused-ring (bicyclic) bond motifs is 5. The average molecular weight is 416 g/mol. The second-order valence-electron chi connectivity index (χ2n) is 12.0. The summed E-state index contributed by atoms with van der Waals surface area (Å²) < 4.78 is 5.36. The Morgan fingerprint density at radius 1 is 1.13 bits per heavy atom. The standard InChI is InChI=1S/C27H45NO2/c1-18(6-5-7-19(2)28)23-10-11-24-22-9-8-20-16-21(30-17-29)12-14-26(20,3)25(22)13-15-27(23,24)4/h8,17-19,21-25H,5-7,9-16,28H2,1-4H3. The van der Waals surface area contributed by atoms with Crippen LogP contribution in [0.2, 0.25) is 0 Å². The first kappa shape index (κ1) is 22.4. The lowest BCUT2D eigenvalue weighted by Gasteiger charge is -2.58. The zero-order chi connectivity index (χ0) is 21.5. The van der Waals surface area contributed by atoms with Crippen LogP contribution in [-0.4, -0.2) is 18.6 Å². The fourth-order valence-corrected chi connectivity index (χ4v) is 8.76. The Kier molecular flexibility index (Phi) is 6.41. The summed E-state index contributed by atoms with van der Waals surface area (Å²) in [6.45, 7) is 10.5. The van der Waals surface area contributed by atoms with E-state index >= 15 is 0 Å². The van der Waals surface area contributed by atoms with Crippen LogP contribution in [0.1, 0.15) is 98.3 Å². The lowest BCUT2D eigenvalue weighted by atomic mass is 9.47. The van der Waals surface area contributed by atoms with Crippen LogP contribution in [0, 0.1) is 40.4 Å². The lowest BCUT2D eigenvalue weighted by Crippen LogP contribution is -2.51. The molecule has 3 saturated carbocycles. The molecule has 0 aliphatic heterocycles.